The molecule has 0 aliphatic rings. The first kappa shape index (κ1) is 18.4. The summed E-state index contributed by atoms with van der Waals surface area (Å²) in [6.07, 6.45) is 1.25. The molecular weight excluding hydrogens is 348 g/mol. The van der Waals surface area contributed by atoms with Gasteiger partial charge in [-0.05, 0) is 37.1 Å². The summed E-state index contributed by atoms with van der Waals surface area (Å²) in [6, 6.07) is 5.68. The van der Waals surface area contributed by atoms with Crippen molar-refractivity contribution in [2.75, 3.05) is 0 Å². The minimum absolute atomic E-state index is 0.0501. The van der Waals surface area contributed by atoms with Gasteiger partial charge in [0.2, 0.25) is 0 Å². The number of benzene rings is 1. The lowest BCUT2D eigenvalue weighted by molar-refractivity contribution is 0.476. The van der Waals surface area contributed by atoms with Crippen LogP contribution in [0.4, 0.5) is 5.69 Å². The number of aryl methyl sites for hydroxylation is 4. The molecule has 0 spiro atoms. The van der Waals surface area contributed by atoms with Crippen molar-refractivity contribution in [3.05, 3.63) is 66.1 Å². The van der Waals surface area contributed by atoms with E-state index in [9.17, 15) is 19.5 Å². The predicted octanol–water partition coefficient (Wildman–Crippen LogP) is 1.01. The lowest BCUT2D eigenvalue weighted by atomic mass is 10.1. The summed E-state index contributed by atoms with van der Waals surface area (Å²) in [5, 5.41) is 10.5. The maximum atomic E-state index is 12.7. The smallest absolute Gasteiger partial charge is 0.332 e. The molecule has 1 N–H and O–H groups in total. The number of nitrogens with zero attached hydrogens (tertiary/aromatic N) is 4. The van der Waals surface area contributed by atoms with Crippen LogP contribution in [-0.2, 0) is 21.1 Å². The molecule has 0 aliphatic heterocycles. The molecule has 0 amide bonds. The van der Waals surface area contributed by atoms with Crippen LogP contribution >= 0.6 is 0 Å². The van der Waals surface area contributed by atoms with Gasteiger partial charge in [-0.1, -0.05) is 6.07 Å². The summed E-state index contributed by atoms with van der Waals surface area (Å²) in [4.78, 5) is 41.7. The molecule has 2 aromatic heterocycles. The first-order valence-electron chi connectivity index (χ1n) is 8.27. The van der Waals surface area contributed by atoms with Crippen molar-refractivity contribution < 1.29 is 5.11 Å². The summed E-state index contributed by atoms with van der Waals surface area (Å²) in [5.74, 6) is -0.488. The molecule has 27 heavy (non-hydrogen) atoms. The average molecular weight is 368 g/mol. The zero-order valence-corrected chi connectivity index (χ0v) is 15.8. The molecule has 3 aromatic rings. The topological polar surface area (TPSA) is 98.6 Å². The van der Waals surface area contributed by atoms with Gasteiger partial charge in [0.25, 0.3) is 11.1 Å². The number of hydrogen-bond donors (Lipinski definition) is 1. The van der Waals surface area contributed by atoms with E-state index in [2.05, 4.69) is 4.99 Å². The van der Waals surface area contributed by atoms with Gasteiger partial charge in [0, 0.05) is 27.4 Å². The zero-order valence-electron chi connectivity index (χ0n) is 15.8. The monoisotopic (exact) mass is 368 g/mol. The molecule has 0 bridgehead atoms. The fraction of sp³-hybridized carbons (Fsp3) is 0.263. The summed E-state index contributed by atoms with van der Waals surface area (Å²) < 4.78 is 3.21. The van der Waals surface area contributed by atoms with Gasteiger partial charge < -0.3 is 5.11 Å². The van der Waals surface area contributed by atoms with Crippen molar-refractivity contribution in [2.24, 2.45) is 26.1 Å². The number of rotatable bonds is 2. The van der Waals surface area contributed by atoms with Crippen LogP contribution in [0.3, 0.4) is 0 Å². The Balaban J connectivity index is 2.35. The largest absolute Gasteiger partial charge is 0.506 e. The minimum Gasteiger partial charge on any atom is -0.506 e. The first-order chi connectivity index (χ1) is 12.6. The molecule has 0 aliphatic carbocycles. The second kappa shape index (κ2) is 6.39. The molecule has 140 valence electrons. The third-order valence-electron chi connectivity index (χ3n) is 4.53. The summed E-state index contributed by atoms with van der Waals surface area (Å²) in [6.45, 7) is 3.87. The Bertz CT molecular complexity index is 1270. The van der Waals surface area contributed by atoms with Crippen LogP contribution in [0.5, 0.6) is 5.75 Å². The Morgan fingerprint density at radius 2 is 1.48 bits per heavy atom. The molecule has 0 atom stereocenters. The molecule has 0 fully saturated rings. The van der Waals surface area contributed by atoms with Crippen LogP contribution in [-0.4, -0.2) is 25.0 Å². The van der Waals surface area contributed by atoms with Gasteiger partial charge in [-0.3, -0.25) is 28.3 Å². The molecule has 0 unspecified atom stereocenters. The summed E-state index contributed by atoms with van der Waals surface area (Å²) in [7, 11) is 4.20. The standard InChI is InChI=1S/C19H20N4O4/c1-10-6-11(2)8-12(7-10)20-9-13-15(24)14-16(21(3)17(13)25)22(4)19(27)23(5)18(14)26/h6-9,24H,1-5H3. The molecule has 0 saturated heterocycles. The van der Waals surface area contributed by atoms with Crippen molar-refractivity contribution >= 4 is 22.9 Å². The van der Waals surface area contributed by atoms with E-state index in [0.717, 1.165) is 20.3 Å². The van der Waals surface area contributed by atoms with E-state index in [0.29, 0.717) is 5.69 Å². The SMILES string of the molecule is Cc1cc(C)cc(N=Cc2c(O)c3c(=O)n(C)c(=O)n(C)c3n(C)c2=O)c1. The van der Waals surface area contributed by atoms with Gasteiger partial charge in [0.15, 0.2) is 0 Å². The zero-order chi connectivity index (χ0) is 20.0. The Morgan fingerprint density at radius 1 is 0.889 bits per heavy atom. The van der Waals surface area contributed by atoms with Crippen LogP contribution in [0.1, 0.15) is 16.7 Å². The van der Waals surface area contributed by atoms with Gasteiger partial charge >= 0.3 is 5.69 Å². The molecule has 2 heterocycles. The van der Waals surface area contributed by atoms with Gasteiger partial charge in [-0.2, -0.15) is 0 Å². The van der Waals surface area contributed by atoms with Crippen molar-refractivity contribution in [1.29, 1.82) is 0 Å². The Morgan fingerprint density at radius 3 is 2.07 bits per heavy atom. The predicted molar refractivity (Wildman–Crippen MR) is 105 cm³/mol. The fourth-order valence-corrected chi connectivity index (χ4v) is 3.23. The summed E-state index contributed by atoms with van der Waals surface area (Å²) >= 11 is 0. The summed E-state index contributed by atoms with van der Waals surface area (Å²) in [5.41, 5.74) is 0.775. The average Bonchev–Trinajstić information content (AvgIpc) is 2.60. The lowest BCUT2D eigenvalue weighted by Gasteiger charge is -2.13. The van der Waals surface area contributed by atoms with E-state index in [1.807, 2.05) is 32.0 Å². The van der Waals surface area contributed by atoms with Gasteiger partial charge in [0.1, 0.15) is 22.3 Å². The van der Waals surface area contributed by atoms with Crippen molar-refractivity contribution in [2.45, 2.75) is 13.8 Å². The lowest BCUT2D eigenvalue weighted by Crippen LogP contribution is -2.40. The Kier molecular flexibility index (Phi) is 4.35. The molecule has 1 aromatic carbocycles. The van der Waals surface area contributed by atoms with E-state index in [-0.39, 0.29) is 16.6 Å². The maximum absolute atomic E-state index is 12.7. The first-order valence-corrected chi connectivity index (χ1v) is 8.27. The van der Waals surface area contributed by atoms with Gasteiger partial charge in [-0.15, -0.1) is 0 Å². The van der Waals surface area contributed by atoms with E-state index in [1.165, 1.54) is 31.9 Å². The number of fused-ring (bicyclic) bond motifs is 1. The number of pyridine rings is 1. The van der Waals surface area contributed by atoms with E-state index in [4.69, 9.17) is 0 Å². The molecular formula is C19H20N4O4. The van der Waals surface area contributed by atoms with Gasteiger partial charge in [-0.25, -0.2) is 4.79 Å². The molecule has 8 heteroatoms. The van der Waals surface area contributed by atoms with E-state index in [1.54, 1.807) is 0 Å². The van der Waals surface area contributed by atoms with Gasteiger partial charge in [0.05, 0.1) is 5.69 Å². The van der Waals surface area contributed by atoms with Crippen LogP contribution in [0.15, 0.2) is 37.6 Å². The third kappa shape index (κ3) is 2.88. The Labute approximate surface area is 154 Å². The van der Waals surface area contributed by atoms with E-state index < -0.39 is 22.6 Å². The highest BCUT2D eigenvalue weighted by Gasteiger charge is 2.20. The fourth-order valence-electron chi connectivity index (χ4n) is 3.23. The van der Waals surface area contributed by atoms with Crippen molar-refractivity contribution in [3.63, 3.8) is 0 Å². The van der Waals surface area contributed by atoms with Crippen LogP contribution in [0.25, 0.3) is 11.0 Å². The molecule has 0 saturated carbocycles. The highest BCUT2D eigenvalue weighted by molar-refractivity contribution is 5.94. The molecule has 0 radical (unpaired) electrons. The number of aliphatic imine (C=N–C) groups is 1. The van der Waals surface area contributed by atoms with Crippen LogP contribution in [0.2, 0.25) is 0 Å². The number of aromatic nitrogens is 3. The number of aromatic hydroxyl groups is 1. The number of hydrogen-bond acceptors (Lipinski definition) is 5. The second-order valence-electron chi connectivity index (χ2n) is 6.63. The van der Waals surface area contributed by atoms with Crippen LogP contribution < -0.4 is 16.8 Å². The minimum atomic E-state index is -0.678. The second-order valence-corrected chi connectivity index (χ2v) is 6.63. The highest BCUT2D eigenvalue weighted by atomic mass is 16.3. The highest BCUT2D eigenvalue weighted by Crippen LogP contribution is 2.22. The third-order valence-corrected chi connectivity index (χ3v) is 4.53. The quantitative estimate of drug-likeness (QED) is 0.683. The maximum Gasteiger partial charge on any atom is 0.332 e. The normalized spacial score (nSPS) is 11.6. The van der Waals surface area contributed by atoms with E-state index >= 15 is 0 Å². The molecule has 3 rings (SSSR count). The molecule has 8 nitrogen and oxygen atoms in total. The van der Waals surface area contributed by atoms with Crippen molar-refractivity contribution in [1.82, 2.24) is 13.7 Å². The van der Waals surface area contributed by atoms with Crippen LogP contribution in [0, 0.1) is 13.8 Å². The Hall–Kier alpha value is -3.42. The van der Waals surface area contributed by atoms with Crippen molar-refractivity contribution in [3.8, 4) is 5.75 Å².